The van der Waals surface area contributed by atoms with Crippen LogP contribution in [-0.2, 0) is 4.79 Å². The van der Waals surface area contributed by atoms with Crippen LogP contribution in [0.1, 0.15) is 17.5 Å². The van der Waals surface area contributed by atoms with Gasteiger partial charge in [0.1, 0.15) is 10.1 Å². The van der Waals surface area contributed by atoms with E-state index in [2.05, 4.69) is 0 Å². The van der Waals surface area contributed by atoms with E-state index in [1.807, 2.05) is 43.3 Å². The maximum Gasteiger partial charge on any atom is 0.265 e. The first-order valence-electron chi connectivity index (χ1n) is 9.31. The first-order valence-corrected chi connectivity index (χ1v) is 10.9. The van der Waals surface area contributed by atoms with E-state index in [-0.39, 0.29) is 5.91 Å². The molecule has 0 radical (unpaired) electrons. The number of ether oxygens (including phenoxy) is 3. The minimum Gasteiger partial charge on any atom is -0.493 e. The number of methoxy groups -OCH3 is 1. The molecule has 8 heteroatoms. The highest BCUT2D eigenvalue weighted by Gasteiger charge is 2.29. The summed E-state index contributed by atoms with van der Waals surface area (Å²) in [4.78, 5) is 14.3. The number of rotatable bonds is 8. The largest absolute Gasteiger partial charge is 0.493 e. The number of hydrogen-bond acceptors (Lipinski definition) is 6. The summed E-state index contributed by atoms with van der Waals surface area (Å²) in [5, 5.41) is 0.717. The van der Waals surface area contributed by atoms with E-state index in [0.29, 0.717) is 40.4 Å². The molecule has 1 fully saturated rings. The third-order valence-electron chi connectivity index (χ3n) is 4.44. The number of thioether (sulfide) groups is 1. The van der Waals surface area contributed by atoms with Crippen molar-refractivity contribution in [2.24, 2.45) is 0 Å². The molecule has 5 nitrogen and oxygen atoms in total. The van der Waals surface area contributed by atoms with Crippen LogP contribution in [0.15, 0.2) is 41.3 Å². The van der Waals surface area contributed by atoms with E-state index in [1.165, 1.54) is 16.7 Å². The van der Waals surface area contributed by atoms with Crippen LogP contribution >= 0.6 is 35.6 Å². The smallest absolute Gasteiger partial charge is 0.265 e. The van der Waals surface area contributed by atoms with E-state index >= 15 is 0 Å². The Bertz CT molecular complexity index is 993. The number of aryl methyl sites for hydroxylation is 1. The number of halogens is 1. The fourth-order valence-corrected chi connectivity index (χ4v) is 4.07. The normalized spacial score (nSPS) is 15.1. The molecule has 0 aliphatic carbocycles. The van der Waals surface area contributed by atoms with E-state index in [1.54, 1.807) is 20.2 Å². The lowest BCUT2D eigenvalue weighted by Gasteiger charge is -2.14. The van der Waals surface area contributed by atoms with Crippen LogP contribution in [0.3, 0.4) is 0 Å². The summed E-state index contributed by atoms with van der Waals surface area (Å²) in [6, 6.07) is 11.1. The third kappa shape index (κ3) is 5.28. The lowest BCUT2D eigenvalue weighted by molar-refractivity contribution is -0.121. The number of amides is 1. The van der Waals surface area contributed by atoms with Crippen LogP contribution in [0.5, 0.6) is 17.2 Å². The Kier molecular flexibility index (Phi) is 7.64. The molecule has 1 aliphatic rings. The summed E-state index contributed by atoms with van der Waals surface area (Å²) in [6.07, 6.45) is 2.46. The summed E-state index contributed by atoms with van der Waals surface area (Å²) < 4.78 is 17.7. The quantitative estimate of drug-likeness (QED) is 0.299. The molecule has 1 saturated heterocycles. The number of carbonyl (C=O) groups is 1. The van der Waals surface area contributed by atoms with Crippen LogP contribution in [0.2, 0.25) is 5.02 Å². The number of hydrogen-bond donors (Lipinski definition) is 0. The van der Waals surface area contributed by atoms with Crippen molar-refractivity contribution < 1.29 is 19.0 Å². The van der Waals surface area contributed by atoms with Crippen molar-refractivity contribution >= 4 is 51.9 Å². The minimum absolute atomic E-state index is 0.120. The second kappa shape index (κ2) is 10.2. The molecule has 1 heterocycles. The van der Waals surface area contributed by atoms with Gasteiger partial charge in [-0.15, -0.1) is 0 Å². The Morgan fingerprint density at radius 3 is 2.63 bits per heavy atom. The summed E-state index contributed by atoms with van der Waals surface area (Å²) in [6.45, 7) is 2.87. The predicted molar refractivity (Wildman–Crippen MR) is 126 cm³/mol. The van der Waals surface area contributed by atoms with Gasteiger partial charge < -0.3 is 14.2 Å². The maximum atomic E-state index is 12.3. The van der Waals surface area contributed by atoms with E-state index in [0.717, 1.165) is 21.9 Å². The molecule has 1 aliphatic heterocycles. The van der Waals surface area contributed by atoms with Gasteiger partial charge in [0.2, 0.25) is 0 Å². The zero-order valence-electron chi connectivity index (χ0n) is 16.9. The molecular formula is C22H22ClNO4S2. The van der Waals surface area contributed by atoms with Crippen molar-refractivity contribution in [2.75, 3.05) is 27.4 Å². The van der Waals surface area contributed by atoms with Crippen LogP contribution in [0.25, 0.3) is 6.08 Å². The highest BCUT2D eigenvalue weighted by molar-refractivity contribution is 8.26. The molecule has 2 aromatic carbocycles. The topological polar surface area (TPSA) is 48.0 Å². The van der Waals surface area contributed by atoms with E-state index < -0.39 is 0 Å². The Labute approximate surface area is 190 Å². The van der Waals surface area contributed by atoms with Gasteiger partial charge in [0.05, 0.1) is 25.2 Å². The van der Waals surface area contributed by atoms with Crippen molar-refractivity contribution in [3.8, 4) is 17.2 Å². The van der Waals surface area contributed by atoms with Gasteiger partial charge in [-0.3, -0.25) is 9.69 Å². The molecule has 0 aromatic heterocycles. The monoisotopic (exact) mass is 463 g/mol. The zero-order valence-corrected chi connectivity index (χ0v) is 19.3. The average Bonchev–Trinajstić information content (AvgIpc) is 2.97. The van der Waals surface area contributed by atoms with Gasteiger partial charge in [0.15, 0.2) is 11.5 Å². The number of para-hydroxylation sites is 1. The molecule has 0 spiro atoms. The van der Waals surface area contributed by atoms with Gasteiger partial charge in [-0.05, 0) is 42.8 Å². The summed E-state index contributed by atoms with van der Waals surface area (Å²) in [7, 11) is 3.26. The highest BCUT2D eigenvalue weighted by atomic mass is 35.5. The number of benzene rings is 2. The van der Waals surface area contributed by atoms with Crippen molar-refractivity contribution in [2.45, 2.75) is 13.3 Å². The number of carbonyl (C=O) groups excluding carboxylic acids is 1. The molecule has 1 amide bonds. The number of likely N-dealkylation sites (N-methyl/N-ethyl adjacent to an activating group) is 1. The predicted octanol–water partition coefficient (Wildman–Crippen LogP) is 5.34. The Morgan fingerprint density at radius 1 is 1.20 bits per heavy atom. The van der Waals surface area contributed by atoms with Crippen LogP contribution in [0.4, 0.5) is 0 Å². The van der Waals surface area contributed by atoms with Gasteiger partial charge in [0.25, 0.3) is 5.91 Å². The Balaban J connectivity index is 1.64. The second-order valence-electron chi connectivity index (χ2n) is 6.58. The van der Waals surface area contributed by atoms with Gasteiger partial charge in [-0.2, -0.15) is 0 Å². The maximum absolute atomic E-state index is 12.3. The molecule has 3 rings (SSSR count). The molecule has 0 N–H and O–H groups in total. The molecule has 0 atom stereocenters. The molecule has 0 saturated carbocycles. The lowest BCUT2D eigenvalue weighted by Crippen LogP contribution is -2.22. The average molecular weight is 464 g/mol. The summed E-state index contributed by atoms with van der Waals surface area (Å²) in [5.74, 6) is 1.84. The first kappa shape index (κ1) is 22.5. The van der Waals surface area contributed by atoms with Gasteiger partial charge in [-0.1, -0.05) is 47.7 Å². The van der Waals surface area contributed by atoms with Crippen molar-refractivity contribution in [3.63, 3.8) is 0 Å². The molecule has 158 valence electrons. The fourth-order valence-electron chi connectivity index (χ4n) is 2.78. The van der Waals surface area contributed by atoms with Crippen molar-refractivity contribution in [1.82, 2.24) is 4.90 Å². The zero-order chi connectivity index (χ0) is 21.7. The van der Waals surface area contributed by atoms with Crippen molar-refractivity contribution in [3.05, 3.63) is 57.5 Å². The SMILES string of the molecule is COc1cccc(C=C2SC(=S)N(C)C2=O)c1OCCCOc1ccc(Cl)c(C)c1. The Hall–Kier alpha value is -2.22. The van der Waals surface area contributed by atoms with Gasteiger partial charge >= 0.3 is 0 Å². The number of thiocarbonyl (C=S) groups is 1. The molecule has 0 bridgehead atoms. The van der Waals surface area contributed by atoms with Crippen LogP contribution in [-0.4, -0.2) is 42.5 Å². The lowest BCUT2D eigenvalue weighted by atomic mass is 10.1. The number of nitrogens with zero attached hydrogens (tertiary/aromatic N) is 1. The molecule has 30 heavy (non-hydrogen) atoms. The van der Waals surface area contributed by atoms with Crippen molar-refractivity contribution in [1.29, 1.82) is 0 Å². The van der Waals surface area contributed by atoms with E-state index in [4.69, 9.17) is 38.0 Å². The fraction of sp³-hybridized carbons (Fsp3) is 0.273. The first-order chi connectivity index (χ1) is 14.4. The summed E-state index contributed by atoms with van der Waals surface area (Å²) >= 11 is 12.5. The molecule has 2 aromatic rings. The third-order valence-corrected chi connectivity index (χ3v) is 6.34. The Morgan fingerprint density at radius 2 is 1.97 bits per heavy atom. The van der Waals surface area contributed by atoms with Crippen LogP contribution in [0, 0.1) is 6.92 Å². The van der Waals surface area contributed by atoms with Gasteiger partial charge in [0, 0.05) is 24.1 Å². The molecular weight excluding hydrogens is 442 g/mol. The minimum atomic E-state index is -0.120. The van der Waals surface area contributed by atoms with E-state index in [9.17, 15) is 4.79 Å². The second-order valence-corrected chi connectivity index (χ2v) is 8.66. The standard InChI is InChI=1S/C22H22ClNO4S2/c1-14-12-16(8-9-17(14)23)27-10-5-11-28-20-15(6-4-7-18(20)26-3)13-19-21(25)24(2)22(29)30-19/h4,6-9,12-13H,5,10-11H2,1-3H3. The molecule has 0 unspecified atom stereocenters. The summed E-state index contributed by atoms with van der Waals surface area (Å²) in [5.41, 5.74) is 1.74. The highest BCUT2D eigenvalue weighted by Crippen LogP contribution is 2.37. The van der Waals surface area contributed by atoms with Crippen LogP contribution < -0.4 is 14.2 Å². The van der Waals surface area contributed by atoms with Gasteiger partial charge in [-0.25, -0.2) is 0 Å².